The molecule has 0 saturated heterocycles. The molecule has 1 N–H and O–H groups in total. The minimum atomic E-state index is -4.31. The number of benzene rings is 2. The van der Waals surface area contributed by atoms with Gasteiger partial charge in [0.15, 0.2) is 0 Å². The second kappa shape index (κ2) is 5.34. The molecule has 0 atom stereocenters. The zero-order valence-corrected chi connectivity index (χ0v) is 10.5. The summed E-state index contributed by atoms with van der Waals surface area (Å²) in [4.78, 5) is 0. The minimum Gasteiger partial charge on any atom is -0.385 e. The van der Waals surface area contributed by atoms with Crippen LogP contribution in [0.4, 0.5) is 18.9 Å². The lowest BCUT2D eigenvalue weighted by Crippen LogP contribution is -2.04. The molecule has 0 aliphatic rings. The average Bonchev–Trinajstić information content (AvgIpc) is 2.39. The SMILES string of the molecule is CCNc1cccc(-c2cccc(C(F)(F)F)c2)c1. The highest BCUT2D eigenvalue weighted by atomic mass is 19.4. The van der Waals surface area contributed by atoms with Gasteiger partial charge in [0.05, 0.1) is 5.56 Å². The van der Waals surface area contributed by atoms with Crippen molar-refractivity contribution < 1.29 is 13.2 Å². The summed E-state index contributed by atoms with van der Waals surface area (Å²) in [5.41, 5.74) is 1.61. The van der Waals surface area contributed by atoms with Gasteiger partial charge in [-0.25, -0.2) is 0 Å². The largest absolute Gasteiger partial charge is 0.416 e. The Morgan fingerprint density at radius 3 is 2.21 bits per heavy atom. The number of rotatable bonds is 3. The van der Waals surface area contributed by atoms with Crippen LogP contribution in [-0.4, -0.2) is 6.54 Å². The minimum absolute atomic E-state index is 0.564. The van der Waals surface area contributed by atoms with Gasteiger partial charge in [0.25, 0.3) is 0 Å². The van der Waals surface area contributed by atoms with Crippen LogP contribution in [0.5, 0.6) is 0 Å². The quantitative estimate of drug-likeness (QED) is 0.840. The molecule has 0 aromatic heterocycles. The maximum absolute atomic E-state index is 12.7. The van der Waals surface area contributed by atoms with Crippen LogP contribution in [0.2, 0.25) is 0 Å². The third-order valence-corrected chi connectivity index (χ3v) is 2.77. The molecule has 0 bridgehead atoms. The molecule has 0 unspecified atom stereocenters. The van der Waals surface area contributed by atoms with Gasteiger partial charge >= 0.3 is 6.18 Å². The Kier molecular flexibility index (Phi) is 3.79. The van der Waals surface area contributed by atoms with Crippen molar-refractivity contribution in [3.63, 3.8) is 0 Å². The van der Waals surface area contributed by atoms with Crippen molar-refractivity contribution in [3.8, 4) is 11.1 Å². The number of anilines is 1. The fraction of sp³-hybridized carbons (Fsp3) is 0.200. The Balaban J connectivity index is 2.39. The molecule has 0 saturated carbocycles. The van der Waals surface area contributed by atoms with Gasteiger partial charge in [-0.1, -0.05) is 24.3 Å². The van der Waals surface area contributed by atoms with Crippen LogP contribution in [0.15, 0.2) is 48.5 Å². The number of alkyl halides is 3. The predicted molar refractivity (Wildman–Crippen MR) is 71.0 cm³/mol. The fourth-order valence-corrected chi connectivity index (χ4v) is 1.89. The van der Waals surface area contributed by atoms with Gasteiger partial charge < -0.3 is 5.32 Å². The topological polar surface area (TPSA) is 12.0 Å². The van der Waals surface area contributed by atoms with Gasteiger partial charge in [-0.3, -0.25) is 0 Å². The van der Waals surface area contributed by atoms with Crippen LogP contribution >= 0.6 is 0 Å². The van der Waals surface area contributed by atoms with Crippen LogP contribution in [0.1, 0.15) is 12.5 Å². The smallest absolute Gasteiger partial charge is 0.385 e. The average molecular weight is 265 g/mol. The zero-order valence-electron chi connectivity index (χ0n) is 10.5. The van der Waals surface area contributed by atoms with Gasteiger partial charge in [-0.2, -0.15) is 13.2 Å². The molecular formula is C15H14F3N. The van der Waals surface area contributed by atoms with Crippen LogP contribution in [0.25, 0.3) is 11.1 Å². The van der Waals surface area contributed by atoms with E-state index in [0.717, 1.165) is 23.9 Å². The second-order valence-corrected chi connectivity index (χ2v) is 4.19. The van der Waals surface area contributed by atoms with E-state index in [-0.39, 0.29) is 0 Å². The predicted octanol–water partition coefficient (Wildman–Crippen LogP) is 4.80. The van der Waals surface area contributed by atoms with Crippen LogP contribution in [-0.2, 0) is 6.18 Å². The molecule has 0 spiro atoms. The van der Waals surface area contributed by atoms with Crippen LogP contribution in [0, 0.1) is 0 Å². The molecule has 19 heavy (non-hydrogen) atoms. The molecular weight excluding hydrogens is 251 g/mol. The molecule has 0 amide bonds. The van der Waals surface area contributed by atoms with Gasteiger partial charge in [-0.05, 0) is 42.3 Å². The third-order valence-electron chi connectivity index (χ3n) is 2.77. The van der Waals surface area contributed by atoms with E-state index >= 15 is 0 Å². The van der Waals surface area contributed by atoms with Gasteiger partial charge in [0, 0.05) is 12.2 Å². The van der Waals surface area contributed by atoms with Crippen molar-refractivity contribution in [2.75, 3.05) is 11.9 Å². The summed E-state index contributed by atoms with van der Waals surface area (Å²) in [6.45, 7) is 2.74. The molecule has 0 radical (unpaired) electrons. The highest BCUT2D eigenvalue weighted by Crippen LogP contribution is 2.32. The second-order valence-electron chi connectivity index (χ2n) is 4.19. The lowest BCUT2D eigenvalue weighted by Gasteiger charge is -2.10. The first-order valence-corrected chi connectivity index (χ1v) is 6.02. The summed E-state index contributed by atoms with van der Waals surface area (Å²) in [6, 6.07) is 12.7. The van der Waals surface area contributed by atoms with Crippen molar-refractivity contribution in [2.24, 2.45) is 0 Å². The number of hydrogen-bond donors (Lipinski definition) is 1. The van der Waals surface area contributed by atoms with E-state index in [4.69, 9.17) is 0 Å². The lowest BCUT2D eigenvalue weighted by atomic mass is 10.0. The van der Waals surface area contributed by atoms with Gasteiger partial charge in [-0.15, -0.1) is 0 Å². The molecule has 4 heteroatoms. The fourth-order valence-electron chi connectivity index (χ4n) is 1.89. The van der Waals surface area contributed by atoms with Crippen molar-refractivity contribution in [1.82, 2.24) is 0 Å². The third kappa shape index (κ3) is 3.28. The molecule has 0 fully saturated rings. The highest BCUT2D eigenvalue weighted by Gasteiger charge is 2.30. The monoisotopic (exact) mass is 265 g/mol. The summed E-state index contributed by atoms with van der Waals surface area (Å²) in [5.74, 6) is 0. The van der Waals surface area contributed by atoms with E-state index in [2.05, 4.69) is 5.32 Å². The van der Waals surface area contributed by atoms with E-state index in [9.17, 15) is 13.2 Å². The first kappa shape index (κ1) is 13.5. The maximum atomic E-state index is 12.7. The van der Waals surface area contributed by atoms with Gasteiger partial charge in [0.1, 0.15) is 0 Å². The summed E-state index contributed by atoms with van der Waals surface area (Å²) in [6.07, 6.45) is -4.31. The molecule has 0 heterocycles. The zero-order chi connectivity index (χ0) is 13.9. The van der Waals surface area contributed by atoms with E-state index in [1.807, 2.05) is 25.1 Å². The number of hydrogen-bond acceptors (Lipinski definition) is 1. The van der Waals surface area contributed by atoms with Crippen molar-refractivity contribution in [3.05, 3.63) is 54.1 Å². The molecule has 0 aliphatic heterocycles. The Morgan fingerprint density at radius 2 is 1.58 bits per heavy atom. The van der Waals surface area contributed by atoms with Crippen LogP contribution < -0.4 is 5.32 Å². The van der Waals surface area contributed by atoms with E-state index in [0.29, 0.717) is 5.56 Å². The Morgan fingerprint density at radius 1 is 0.947 bits per heavy atom. The Bertz CT molecular complexity index is 561. The molecule has 1 nitrogen and oxygen atoms in total. The number of nitrogens with one attached hydrogen (secondary N) is 1. The summed E-state index contributed by atoms with van der Waals surface area (Å²) < 4.78 is 38.0. The standard InChI is InChI=1S/C15H14F3N/c1-2-19-14-8-4-6-12(10-14)11-5-3-7-13(9-11)15(16,17)18/h3-10,19H,2H2,1H3. The summed E-state index contributed by atoms with van der Waals surface area (Å²) in [7, 11) is 0. The first-order valence-electron chi connectivity index (χ1n) is 6.02. The molecule has 100 valence electrons. The normalized spacial score (nSPS) is 11.4. The number of halogens is 3. The summed E-state index contributed by atoms with van der Waals surface area (Å²) in [5, 5.41) is 3.14. The van der Waals surface area contributed by atoms with E-state index < -0.39 is 11.7 Å². The van der Waals surface area contributed by atoms with E-state index in [1.54, 1.807) is 12.1 Å². The van der Waals surface area contributed by atoms with Crippen LogP contribution in [0.3, 0.4) is 0 Å². The molecule has 2 aromatic rings. The Labute approximate surface area is 110 Å². The van der Waals surface area contributed by atoms with Crippen molar-refractivity contribution in [1.29, 1.82) is 0 Å². The molecule has 0 aliphatic carbocycles. The summed E-state index contributed by atoms with van der Waals surface area (Å²) >= 11 is 0. The lowest BCUT2D eigenvalue weighted by molar-refractivity contribution is -0.137. The van der Waals surface area contributed by atoms with Gasteiger partial charge in [0.2, 0.25) is 0 Å². The highest BCUT2D eigenvalue weighted by molar-refractivity contribution is 5.68. The first-order chi connectivity index (χ1) is 9.00. The van der Waals surface area contributed by atoms with E-state index in [1.165, 1.54) is 12.1 Å². The van der Waals surface area contributed by atoms with Crippen molar-refractivity contribution in [2.45, 2.75) is 13.1 Å². The van der Waals surface area contributed by atoms with Crippen molar-refractivity contribution >= 4 is 5.69 Å². The maximum Gasteiger partial charge on any atom is 0.416 e. The molecule has 2 aromatic carbocycles. The molecule has 2 rings (SSSR count). The Hall–Kier alpha value is -1.97.